The number of hydrogen-bond acceptors (Lipinski definition) is 5. The maximum absolute atomic E-state index is 12.4. The van der Waals surface area contributed by atoms with Crippen molar-refractivity contribution in [2.24, 2.45) is 0 Å². The van der Waals surface area contributed by atoms with E-state index in [0.717, 1.165) is 38.7 Å². The normalized spacial score (nSPS) is 10.8. The van der Waals surface area contributed by atoms with Crippen molar-refractivity contribution >= 4 is 34.4 Å². The van der Waals surface area contributed by atoms with Gasteiger partial charge in [-0.25, -0.2) is 4.98 Å². The first-order valence-corrected chi connectivity index (χ1v) is 11.0. The third-order valence-corrected chi connectivity index (χ3v) is 6.44. The summed E-state index contributed by atoms with van der Waals surface area (Å²) in [7, 11) is 0. The van der Waals surface area contributed by atoms with Crippen molar-refractivity contribution in [3.8, 4) is 10.6 Å². The number of amides is 1. The Hall–Kier alpha value is -2.31. The van der Waals surface area contributed by atoms with Crippen molar-refractivity contribution < 1.29 is 9.59 Å². The topological polar surface area (TPSA) is 59.1 Å². The second kappa shape index (κ2) is 9.26. The third kappa shape index (κ3) is 5.36. The number of thiazole rings is 1. The summed E-state index contributed by atoms with van der Waals surface area (Å²) < 4.78 is 0. The van der Waals surface area contributed by atoms with Gasteiger partial charge in [0.1, 0.15) is 0 Å². The Labute approximate surface area is 173 Å². The molecule has 1 aromatic carbocycles. The summed E-state index contributed by atoms with van der Waals surface area (Å²) in [6.45, 7) is 6.47. The van der Waals surface area contributed by atoms with Gasteiger partial charge in [0.05, 0.1) is 15.6 Å². The molecule has 0 aliphatic carbocycles. The Morgan fingerprint density at radius 3 is 2.64 bits per heavy atom. The lowest BCUT2D eigenvalue weighted by molar-refractivity contribution is -0.121. The third-order valence-electron chi connectivity index (χ3n) is 4.50. The van der Waals surface area contributed by atoms with Gasteiger partial charge in [0.25, 0.3) is 0 Å². The predicted molar refractivity (Wildman–Crippen MR) is 116 cm³/mol. The van der Waals surface area contributed by atoms with E-state index in [0.29, 0.717) is 6.54 Å². The molecule has 0 atom stereocenters. The Morgan fingerprint density at radius 1 is 1.07 bits per heavy atom. The summed E-state index contributed by atoms with van der Waals surface area (Å²) in [6, 6.07) is 10.0. The molecule has 28 heavy (non-hydrogen) atoms. The van der Waals surface area contributed by atoms with Crippen LogP contribution in [0.3, 0.4) is 0 Å². The van der Waals surface area contributed by atoms with Crippen LogP contribution in [0.4, 0.5) is 0 Å². The van der Waals surface area contributed by atoms with Crippen LogP contribution in [0.25, 0.3) is 10.6 Å². The average molecular weight is 413 g/mol. The Bertz CT molecular complexity index is 988. The number of carbonyl (C=O) groups is 2. The average Bonchev–Trinajstić information content (AvgIpc) is 3.30. The Kier molecular flexibility index (Phi) is 6.75. The molecule has 0 saturated carbocycles. The lowest BCUT2D eigenvalue weighted by Crippen LogP contribution is -2.25. The van der Waals surface area contributed by atoms with E-state index in [4.69, 9.17) is 0 Å². The van der Waals surface area contributed by atoms with Gasteiger partial charge in [0, 0.05) is 35.2 Å². The van der Waals surface area contributed by atoms with Crippen LogP contribution in [0.1, 0.15) is 44.2 Å². The number of Topliss-reactive ketones (excluding diaryl/α,β-unsaturated/α-hetero) is 1. The molecule has 2 aromatic heterocycles. The first kappa shape index (κ1) is 20.4. The molecule has 0 fully saturated rings. The van der Waals surface area contributed by atoms with Crippen LogP contribution in [0.15, 0.2) is 35.7 Å². The highest BCUT2D eigenvalue weighted by Crippen LogP contribution is 2.29. The van der Waals surface area contributed by atoms with Gasteiger partial charge in [-0.1, -0.05) is 17.7 Å². The fraction of sp³-hybridized carbons (Fsp3) is 0.318. The van der Waals surface area contributed by atoms with Crippen LogP contribution in [0.5, 0.6) is 0 Å². The van der Waals surface area contributed by atoms with Gasteiger partial charge in [0.15, 0.2) is 5.78 Å². The second-order valence-electron chi connectivity index (χ2n) is 6.86. The number of carbonyl (C=O) groups excluding carboxylic acids is 2. The van der Waals surface area contributed by atoms with E-state index in [1.165, 1.54) is 4.88 Å². The number of rotatable bonds is 8. The SMILES string of the molecule is Cc1ccc(C)c(C(=O)CCC(=O)NCCc2ccc(-c3csc(C)n3)s2)c1. The lowest BCUT2D eigenvalue weighted by atomic mass is 9.99. The number of nitrogens with one attached hydrogen (secondary N) is 1. The molecule has 3 aromatic rings. The van der Waals surface area contributed by atoms with Gasteiger partial charge < -0.3 is 5.32 Å². The van der Waals surface area contributed by atoms with Crippen LogP contribution < -0.4 is 5.32 Å². The first-order chi connectivity index (χ1) is 13.4. The summed E-state index contributed by atoms with van der Waals surface area (Å²) in [4.78, 5) is 31.3. The zero-order valence-electron chi connectivity index (χ0n) is 16.4. The smallest absolute Gasteiger partial charge is 0.220 e. The molecule has 6 heteroatoms. The fourth-order valence-corrected chi connectivity index (χ4v) is 4.59. The summed E-state index contributed by atoms with van der Waals surface area (Å²) in [5.74, 6) is -0.0524. The van der Waals surface area contributed by atoms with Gasteiger partial charge in [-0.15, -0.1) is 22.7 Å². The quantitative estimate of drug-likeness (QED) is 0.523. The van der Waals surface area contributed by atoms with Crippen molar-refractivity contribution in [1.82, 2.24) is 10.3 Å². The molecule has 0 bridgehead atoms. The maximum atomic E-state index is 12.4. The highest BCUT2D eigenvalue weighted by atomic mass is 32.1. The van der Waals surface area contributed by atoms with E-state index in [2.05, 4.69) is 27.8 Å². The number of aromatic nitrogens is 1. The van der Waals surface area contributed by atoms with Gasteiger partial charge in [-0.3, -0.25) is 9.59 Å². The largest absolute Gasteiger partial charge is 0.356 e. The van der Waals surface area contributed by atoms with E-state index < -0.39 is 0 Å². The number of benzene rings is 1. The summed E-state index contributed by atoms with van der Waals surface area (Å²) in [5, 5.41) is 6.05. The van der Waals surface area contributed by atoms with Crippen LogP contribution in [-0.4, -0.2) is 23.2 Å². The highest BCUT2D eigenvalue weighted by molar-refractivity contribution is 7.16. The predicted octanol–water partition coefficient (Wildman–Crippen LogP) is 5.12. The van der Waals surface area contributed by atoms with Gasteiger partial charge in [0.2, 0.25) is 5.91 Å². The Balaban J connectivity index is 1.43. The molecule has 0 spiro atoms. The van der Waals surface area contributed by atoms with Crippen LogP contribution in [-0.2, 0) is 11.2 Å². The molecule has 1 N–H and O–H groups in total. The molecule has 3 rings (SSSR count). The molecule has 0 aliphatic heterocycles. The zero-order chi connectivity index (χ0) is 20.1. The van der Waals surface area contributed by atoms with Gasteiger partial charge >= 0.3 is 0 Å². The first-order valence-electron chi connectivity index (χ1n) is 9.31. The maximum Gasteiger partial charge on any atom is 0.220 e. The standard InChI is InChI=1S/C22H24N2O2S2/c1-14-4-5-15(2)18(12-14)20(25)7-9-22(26)23-11-10-17-6-8-21(28-17)19-13-27-16(3)24-19/h4-6,8,12-13H,7,9-11H2,1-3H3,(H,23,26). The summed E-state index contributed by atoms with van der Waals surface area (Å²) >= 11 is 3.36. The van der Waals surface area contributed by atoms with Gasteiger partial charge in [-0.2, -0.15) is 0 Å². The molecule has 4 nitrogen and oxygen atoms in total. The van der Waals surface area contributed by atoms with E-state index in [1.54, 1.807) is 22.7 Å². The molecule has 1 amide bonds. The molecule has 2 heterocycles. The van der Waals surface area contributed by atoms with E-state index in [-0.39, 0.29) is 24.5 Å². The minimum absolute atomic E-state index is 0.0257. The molecular weight excluding hydrogens is 388 g/mol. The van der Waals surface area contributed by atoms with Crippen molar-refractivity contribution in [3.05, 3.63) is 62.3 Å². The monoisotopic (exact) mass is 412 g/mol. The Morgan fingerprint density at radius 2 is 1.89 bits per heavy atom. The molecule has 0 unspecified atom stereocenters. The molecule has 0 radical (unpaired) electrons. The summed E-state index contributed by atoms with van der Waals surface area (Å²) in [5.41, 5.74) is 3.75. The fourth-order valence-electron chi connectivity index (χ4n) is 2.94. The number of thiophene rings is 1. The van der Waals surface area contributed by atoms with Crippen LogP contribution in [0, 0.1) is 20.8 Å². The van der Waals surface area contributed by atoms with Crippen molar-refractivity contribution in [3.63, 3.8) is 0 Å². The van der Waals surface area contributed by atoms with E-state index in [9.17, 15) is 9.59 Å². The molecular formula is C22H24N2O2S2. The minimum Gasteiger partial charge on any atom is -0.356 e. The minimum atomic E-state index is -0.0782. The molecule has 146 valence electrons. The number of nitrogens with zero attached hydrogens (tertiary/aromatic N) is 1. The van der Waals surface area contributed by atoms with Crippen LogP contribution in [0.2, 0.25) is 0 Å². The summed E-state index contributed by atoms with van der Waals surface area (Å²) in [6.07, 6.45) is 1.24. The van der Waals surface area contributed by atoms with Crippen molar-refractivity contribution in [2.45, 2.75) is 40.0 Å². The lowest BCUT2D eigenvalue weighted by Gasteiger charge is -2.07. The van der Waals surface area contributed by atoms with Crippen molar-refractivity contribution in [2.75, 3.05) is 6.54 Å². The highest BCUT2D eigenvalue weighted by Gasteiger charge is 2.12. The van der Waals surface area contributed by atoms with Crippen molar-refractivity contribution in [1.29, 1.82) is 0 Å². The van der Waals surface area contributed by atoms with Gasteiger partial charge in [-0.05, 0) is 51.0 Å². The molecule has 0 aliphatic rings. The number of aryl methyl sites for hydroxylation is 3. The molecule has 0 saturated heterocycles. The number of ketones is 1. The second-order valence-corrected chi connectivity index (χ2v) is 9.09. The zero-order valence-corrected chi connectivity index (χ0v) is 18.0. The van der Waals surface area contributed by atoms with E-state index >= 15 is 0 Å². The van der Waals surface area contributed by atoms with E-state index in [1.807, 2.05) is 39.0 Å². The number of hydrogen-bond donors (Lipinski definition) is 1. The van der Waals surface area contributed by atoms with Crippen LogP contribution >= 0.6 is 22.7 Å².